The van der Waals surface area contributed by atoms with Crippen LogP contribution >= 0.6 is 11.3 Å². The van der Waals surface area contributed by atoms with Gasteiger partial charge < -0.3 is 16.2 Å². The number of Topliss-reactive ketones (excluding diaryl/α,β-unsaturated/α-hetero) is 1. The Morgan fingerprint density at radius 3 is 2.70 bits per heavy atom. The van der Waals surface area contributed by atoms with E-state index in [1.165, 1.54) is 17.4 Å². The van der Waals surface area contributed by atoms with Crippen molar-refractivity contribution < 1.29 is 19.6 Å². The first-order valence-corrected chi connectivity index (χ1v) is 9.19. The number of nitro groups is 1. The molecule has 0 unspecified atom stereocenters. The Balaban J connectivity index is 1.99. The molecule has 0 fully saturated rings. The van der Waals surface area contributed by atoms with E-state index in [4.69, 9.17) is 5.73 Å². The lowest BCUT2D eigenvalue weighted by Crippen LogP contribution is -2.55. The van der Waals surface area contributed by atoms with Crippen molar-refractivity contribution >= 4 is 34.5 Å². The molecule has 4 N–H and O–H groups in total. The Bertz CT molecular complexity index is 838. The molecular formula is C18H21N3O5S. The molecule has 0 saturated heterocycles. The number of aryl methyl sites for hydroxylation is 1. The van der Waals surface area contributed by atoms with Gasteiger partial charge in [0.05, 0.1) is 4.92 Å². The summed E-state index contributed by atoms with van der Waals surface area (Å²) in [6.45, 7) is 2.07. The second-order valence-electron chi connectivity index (χ2n) is 6.26. The monoisotopic (exact) mass is 391 g/mol. The van der Waals surface area contributed by atoms with Crippen LogP contribution < -0.4 is 11.1 Å². The fraction of sp³-hybridized carbons (Fsp3) is 0.333. The van der Waals surface area contributed by atoms with Crippen LogP contribution in [-0.2, 0) is 16.0 Å². The van der Waals surface area contributed by atoms with E-state index < -0.39 is 22.2 Å². The number of carboxylic acid groups (broad SMARTS) is 1. The van der Waals surface area contributed by atoms with E-state index in [-0.39, 0.29) is 31.5 Å². The molecule has 144 valence electrons. The van der Waals surface area contributed by atoms with Crippen molar-refractivity contribution in [2.45, 2.75) is 31.7 Å². The van der Waals surface area contributed by atoms with Gasteiger partial charge in [0.15, 0.2) is 11.3 Å². The number of benzene rings is 1. The van der Waals surface area contributed by atoms with Crippen LogP contribution in [0.25, 0.3) is 0 Å². The molecule has 1 aromatic carbocycles. The van der Waals surface area contributed by atoms with Crippen molar-refractivity contribution in [2.24, 2.45) is 5.73 Å². The van der Waals surface area contributed by atoms with Gasteiger partial charge in [0.1, 0.15) is 5.69 Å². The second-order valence-corrected chi connectivity index (χ2v) is 7.30. The minimum atomic E-state index is -1.98. The summed E-state index contributed by atoms with van der Waals surface area (Å²) < 4.78 is 0. The zero-order valence-corrected chi connectivity index (χ0v) is 15.6. The molecule has 1 atom stereocenters. The number of rotatable bonds is 10. The van der Waals surface area contributed by atoms with E-state index in [0.29, 0.717) is 5.69 Å². The van der Waals surface area contributed by atoms with E-state index in [2.05, 4.69) is 5.32 Å². The number of nitrogens with one attached hydrogen (secondary N) is 1. The normalized spacial score (nSPS) is 13.0. The minimum Gasteiger partial charge on any atom is -0.480 e. The van der Waals surface area contributed by atoms with Gasteiger partial charge in [-0.2, -0.15) is 0 Å². The quantitative estimate of drug-likeness (QED) is 0.245. The van der Waals surface area contributed by atoms with Gasteiger partial charge in [-0.05, 0) is 42.8 Å². The third-order valence-electron chi connectivity index (χ3n) is 4.21. The highest BCUT2D eigenvalue weighted by Gasteiger charge is 2.41. The molecule has 0 aliphatic carbocycles. The van der Waals surface area contributed by atoms with Crippen molar-refractivity contribution in [1.82, 2.24) is 0 Å². The van der Waals surface area contributed by atoms with E-state index in [1.54, 1.807) is 29.6 Å². The van der Waals surface area contributed by atoms with Crippen molar-refractivity contribution in [2.75, 3.05) is 11.9 Å². The highest BCUT2D eigenvalue weighted by molar-refractivity contribution is 7.10. The largest absolute Gasteiger partial charge is 0.480 e. The van der Waals surface area contributed by atoms with E-state index in [1.807, 2.05) is 6.92 Å². The molecule has 2 rings (SSSR count). The van der Waals surface area contributed by atoms with Crippen LogP contribution in [0, 0.1) is 17.0 Å². The summed E-state index contributed by atoms with van der Waals surface area (Å²) in [4.78, 5) is 35.4. The van der Waals surface area contributed by atoms with Crippen LogP contribution in [0.5, 0.6) is 0 Å². The van der Waals surface area contributed by atoms with Crippen LogP contribution in [0.2, 0.25) is 0 Å². The summed E-state index contributed by atoms with van der Waals surface area (Å²) in [6, 6.07) is 8.23. The summed E-state index contributed by atoms with van der Waals surface area (Å²) >= 11 is 1.36. The van der Waals surface area contributed by atoms with Gasteiger partial charge in [0, 0.05) is 23.9 Å². The summed E-state index contributed by atoms with van der Waals surface area (Å²) in [6.07, 6.45) is 0.167. The lowest BCUT2D eigenvalue weighted by atomic mass is 9.87. The molecule has 0 radical (unpaired) electrons. The number of carboxylic acids is 1. The fourth-order valence-electron chi connectivity index (χ4n) is 2.64. The molecule has 1 aromatic heterocycles. The Labute approximate surface area is 160 Å². The first-order chi connectivity index (χ1) is 12.7. The number of nitrogens with zero attached hydrogens (tertiary/aromatic N) is 1. The van der Waals surface area contributed by atoms with Crippen LogP contribution in [0.3, 0.4) is 0 Å². The highest BCUT2D eigenvalue weighted by atomic mass is 32.1. The number of anilines is 1. The van der Waals surface area contributed by atoms with Crippen molar-refractivity contribution in [3.8, 4) is 0 Å². The van der Waals surface area contributed by atoms with E-state index in [0.717, 1.165) is 10.4 Å². The summed E-state index contributed by atoms with van der Waals surface area (Å²) in [7, 11) is 0. The van der Waals surface area contributed by atoms with Crippen molar-refractivity contribution in [3.63, 3.8) is 0 Å². The van der Waals surface area contributed by atoms with Crippen LogP contribution in [0.15, 0.2) is 35.7 Å². The van der Waals surface area contributed by atoms with Gasteiger partial charge in [0.25, 0.3) is 5.69 Å². The Kier molecular flexibility index (Phi) is 6.65. The number of carbonyl (C=O) groups is 2. The highest BCUT2D eigenvalue weighted by Crippen LogP contribution is 2.25. The predicted octanol–water partition coefficient (Wildman–Crippen LogP) is 2.75. The van der Waals surface area contributed by atoms with Gasteiger partial charge in [-0.25, -0.2) is 4.79 Å². The maximum Gasteiger partial charge on any atom is 0.331 e. The average molecular weight is 391 g/mol. The molecule has 2 aromatic rings. The summed E-state index contributed by atoms with van der Waals surface area (Å²) in [5.41, 5.74) is 5.06. The number of thiophene rings is 1. The fourth-order valence-corrected chi connectivity index (χ4v) is 3.34. The van der Waals surface area contributed by atoms with Crippen molar-refractivity contribution in [3.05, 3.63) is 56.3 Å². The zero-order valence-electron chi connectivity index (χ0n) is 14.8. The predicted molar refractivity (Wildman–Crippen MR) is 103 cm³/mol. The summed E-state index contributed by atoms with van der Waals surface area (Å²) in [5.74, 6) is -1.93. The first kappa shape index (κ1) is 20.5. The molecular weight excluding hydrogens is 370 g/mol. The molecule has 9 heteroatoms. The standard InChI is InChI=1S/C18H21N3O5S/c1-12-5-6-15(21(25)26)14(10-12)20-8-3-7-18(19,17(23)24)16(22)11-13-4-2-9-27-13/h2,4-6,9-10,20H,3,7-8,11,19H2,1H3,(H,23,24)/t18-/m0/s1. The molecule has 0 aliphatic rings. The zero-order chi connectivity index (χ0) is 20.0. The van der Waals surface area contributed by atoms with E-state index >= 15 is 0 Å². The minimum absolute atomic E-state index is 0.0305. The van der Waals surface area contributed by atoms with Crippen molar-refractivity contribution in [1.29, 1.82) is 0 Å². The Morgan fingerprint density at radius 1 is 1.37 bits per heavy atom. The molecule has 27 heavy (non-hydrogen) atoms. The summed E-state index contributed by atoms with van der Waals surface area (Å²) in [5, 5.41) is 25.3. The first-order valence-electron chi connectivity index (χ1n) is 8.31. The number of hydrogen-bond acceptors (Lipinski definition) is 7. The number of carbonyl (C=O) groups excluding carboxylic acids is 1. The van der Waals surface area contributed by atoms with Gasteiger partial charge >= 0.3 is 5.97 Å². The molecule has 0 amide bonds. The Hall–Kier alpha value is -2.78. The molecule has 1 heterocycles. The lowest BCUT2D eigenvalue weighted by molar-refractivity contribution is -0.384. The molecule has 0 saturated carbocycles. The molecule has 0 spiro atoms. The SMILES string of the molecule is Cc1ccc([N+](=O)[O-])c(NCCC[C@@](N)(C(=O)O)C(=O)Cc2cccs2)c1. The average Bonchev–Trinajstić information content (AvgIpc) is 3.11. The van der Waals surface area contributed by atoms with Gasteiger partial charge in [-0.1, -0.05) is 12.1 Å². The van der Waals surface area contributed by atoms with E-state index in [9.17, 15) is 24.8 Å². The smallest absolute Gasteiger partial charge is 0.331 e. The number of hydrogen-bond donors (Lipinski definition) is 3. The van der Waals surface area contributed by atoms with Crippen LogP contribution in [-0.4, -0.2) is 33.9 Å². The molecule has 0 bridgehead atoms. The number of ketones is 1. The second kappa shape index (κ2) is 8.74. The van der Waals surface area contributed by atoms with Crippen LogP contribution in [0.4, 0.5) is 11.4 Å². The topological polar surface area (TPSA) is 136 Å². The number of aliphatic carboxylic acids is 1. The maximum absolute atomic E-state index is 12.4. The van der Waals surface area contributed by atoms with Gasteiger partial charge in [0.2, 0.25) is 0 Å². The lowest BCUT2D eigenvalue weighted by Gasteiger charge is -2.23. The maximum atomic E-state index is 12.4. The molecule has 0 aliphatic heterocycles. The molecule has 8 nitrogen and oxygen atoms in total. The van der Waals surface area contributed by atoms with Crippen LogP contribution in [0.1, 0.15) is 23.3 Å². The Morgan fingerprint density at radius 2 is 2.11 bits per heavy atom. The van der Waals surface area contributed by atoms with Gasteiger partial charge in [-0.3, -0.25) is 14.9 Å². The number of nitrogens with two attached hydrogens (primary N) is 1. The third kappa shape index (κ3) is 5.11. The third-order valence-corrected chi connectivity index (χ3v) is 5.08. The number of nitro benzene ring substituents is 1. The van der Waals surface area contributed by atoms with Gasteiger partial charge in [-0.15, -0.1) is 11.3 Å².